The molecule has 1 fully saturated rings. The van der Waals surface area contributed by atoms with E-state index in [2.05, 4.69) is 85.6 Å². The van der Waals surface area contributed by atoms with Crippen molar-refractivity contribution in [3.63, 3.8) is 0 Å². The maximum atomic E-state index is 12.6. The molecule has 1 atom stereocenters. The van der Waals surface area contributed by atoms with Gasteiger partial charge in [0.05, 0.1) is 0 Å². The molecule has 0 radical (unpaired) electrons. The fraction of sp³-hybridized carbons (Fsp3) is 0.276. The Hall–Kier alpha value is -3.53. The van der Waals surface area contributed by atoms with Gasteiger partial charge in [0, 0.05) is 24.1 Å². The van der Waals surface area contributed by atoms with Crippen LogP contribution in [0.2, 0.25) is 0 Å². The van der Waals surface area contributed by atoms with Crippen LogP contribution in [0.4, 0.5) is 5.69 Å². The highest BCUT2D eigenvalue weighted by atomic mass is 16.5. The summed E-state index contributed by atoms with van der Waals surface area (Å²) in [6.07, 6.45) is 4.78. The Bertz CT molecular complexity index is 1200. The molecule has 3 aromatic rings. The van der Waals surface area contributed by atoms with Gasteiger partial charge in [-0.3, -0.25) is 4.79 Å². The van der Waals surface area contributed by atoms with Crippen molar-refractivity contribution in [3.05, 3.63) is 101 Å². The fourth-order valence-electron chi connectivity index (χ4n) is 5.10. The zero-order valence-corrected chi connectivity index (χ0v) is 19.5. The summed E-state index contributed by atoms with van der Waals surface area (Å²) in [5.41, 5.74) is 5.06. The Morgan fingerprint density at radius 2 is 1.79 bits per heavy atom. The molecule has 0 spiro atoms. The third-order valence-corrected chi connectivity index (χ3v) is 7.03. The average Bonchev–Trinajstić information content (AvgIpc) is 3.01. The van der Waals surface area contributed by atoms with Crippen LogP contribution in [0.25, 0.3) is 6.08 Å². The van der Waals surface area contributed by atoms with Crippen LogP contribution in [0.1, 0.15) is 42.5 Å². The third-order valence-electron chi connectivity index (χ3n) is 7.03. The number of ether oxygens (including phenoxy) is 1. The van der Waals surface area contributed by atoms with Crippen LogP contribution in [-0.4, -0.2) is 18.1 Å². The quantitative estimate of drug-likeness (QED) is 0.564. The molecular formula is C29H30N2O2. The zero-order valence-electron chi connectivity index (χ0n) is 19.5. The van der Waals surface area contributed by atoms with Crippen molar-refractivity contribution in [2.45, 2.75) is 44.9 Å². The number of hydrogen-bond donors (Lipinski definition) is 1. The molecular weight excluding hydrogens is 408 g/mol. The summed E-state index contributed by atoms with van der Waals surface area (Å²) in [5, 5.41) is 3.34. The minimum Gasteiger partial charge on any atom is -0.489 e. The average molecular weight is 439 g/mol. The highest BCUT2D eigenvalue weighted by Crippen LogP contribution is 2.52. The number of nitrogens with one attached hydrogen (secondary N) is 1. The Morgan fingerprint density at radius 1 is 1.03 bits per heavy atom. The first-order valence-corrected chi connectivity index (χ1v) is 11.5. The molecule has 168 valence electrons. The SMILES string of the molecule is Cc1ccc2c(c1)C(C)(C)C1(/C=C/c3ccc(OCc4ccccc4)cc3)NC(=O)CCN21. The van der Waals surface area contributed by atoms with E-state index in [9.17, 15) is 4.79 Å². The number of hydrogen-bond acceptors (Lipinski definition) is 3. The van der Waals surface area contributed by atoms with Crippen LogP contribution >= 0.6 is 0 Å². The van der Waals surface area contributed by atoms with E-state index in [0.717, 1.165) is 16.9 Å². The topological polar surface area (TPSA) is 41.6 Å². The van der Waals surface area contributed by atoms with Gasteiger partial charge in [-0.15, -0.1) is 0 Å². The van der Waals surface area contributed by atoms with Crippen molar-refractivity contribution in [1.82, 2.24) is 5.32 Å². The number of rotatable bonds is 5. The Labute approximate surface area is 195 Å². The molecule has 1 unspecified atom stereocenters. The molecule has 2 aliphatic heterocycles. The molecule has 3 aromatic carbocycles. The van der Waals surface area contributed by atoms with E-state index in [1.165, 1.54) is 16.8 Å². The monoisotopic (exact) mass is 438 g/mol. The van der Waals surface area contributed by atoms with E-state index in [4.69, 9.17) is 4.74 Å². The van der Waals surface area contributed by atoms with E-state index >= 15 is 0 Å². The summed E-state index contributed by atoms with van der Waals surface area (Å²) in [4.78, 5) is 14.9. The van der Waals surface area contributed by atoms with Gasteiger partial charge in [-0.25, -0.2) is 0 Å². The van der Waals surface area contributed by atoms with Gasteiger partial charge in [0.25, 0.3) is 0 Å². The molecule has 5 rings (SSSR count). The maximum absolute atomic E-state index is 12.6. The molecule has 4 nitrogen and oxygen atoms in total. The van der Waals surface area contributed by atoms with Crippen LogP contribution in [0, 0.1) is 6.92 Å². The van der Waals surface area contributed by atoms with Crippen molar-refractivity contribution in [2.24, 2.45) is 0 Å². The van der Waals surface area contributed by atoms with Crippen molar-refractivity contribution in [3.8, 4) is 5.75 Å². The first kappa shape index (κ1) is 21.3. The molecule has 1 amide bonds. The van der Waals surface area contributed by atoms with Crippen molar-refractivity contribution >= 4 is 17.7 Å². The Kier molecular flexibility index (Phi) is 5.24. The Morgan fingerprint density at radius 3 is 2.55 bits per heavy atom. The maximum Gasteiger partial charge on any atom is 0.223 e. The standard InChI is InChI=1S/C29H30N2O2/c1-21-9-14-26-25(19-21)28(2,3)29(30-27(32)16-18-31(26)29)17-15-22-10-12-24(13-11-22)33-20-23-7-5-4-6-8-23/h4-15,17,19H,16,18,20H2,1-3H3,(H,30,32)/b17-15+. The molecule has 0 aromatic heterocycles. The van der Waals surface area contributed by atoms with E-state index < -0.39 is 5.66 Å². The predicted octanol–water partition coefficient (Wildman–Crippen LogP) is 5.60. The molecule has 4 heteroatoms. The number of amides is 1. The Balaban J connectivity index is 1.41. The molecule has 1 saturated heterocycles. The van der Waals surface area contributed by atoms with Crippen LogP contribution in [0.3, 0.4) is 0 Å². The minimum absolute atomic E-state index is 0.0955. The number of carbonyl (C=O) groups is 1. The lowest BCUT2D eigenvalue weighted by Crippen LogP contribution is -2.68. The molecule has 0 aliphatic carbocycles. The van der Waals surface area contributed by atoms with Gasteiger partial charge in [-0.2, -0.15) is 0 Å². The van der Waals surface area contributed by atoms with Crippen molar-refractivity contribution in [2.75, 3.05) is 11.4 Å². The number of fused-ring (bicyclic) bond motifs is 3. The highest BCUT2D eigenvalue weighted by Gasteiger charge is 2.57. The van der Waals surface area contributed by atoms with E-state index in [0.29, 0.717) is 19.6 Å². The van der Waals surface area contributed by atoms with Crippen molar-refractivity contribution in [1.29, 1.82) is 0 Å². The summed E-state index contributed by atoms with van der Waals surface area (Å²) in [6.45, 7) is 7.83. The molecule has 0 saturated carbocycles. The van der Waals surface area contributed by atoms with Gasteiger partial charge in [-0.1, -0.05) is 80.1 Å². The van der Waals surface area contributed by atoms with E-state index in [-0.39, 0.29) is 11.3 Å². The normalized spacial score (nSPS) is 20.9. The molecule has 1 N–H and O–H groups in total. The fourth-order valence-corrected chi connectivity index (χ4v) is 5.10. The van der Waals surface area contributed by atoms with Gasteiger partial charge in [-0.05, 0) is 47.9 Å². The highest BCUT2D eigenvalue weighted by molar-refractivity contribution is 5.84. The molecule has 33 heavy (non-hydrogen) atoms. The summed E-state index contributed by atoms with van der Waals surface area (Å²) in [5.74, 6) is 0.934. The van der Waals surface area contributed by atoms with Crippen LogP contribution in [0.15, 0.2) is 78.9 Å². The zero-order chi connectivity index (χ0) is 23.1. The first-order valence-electron chi connectivity index (χ1n) is 11.5. The summed E-state index contributed by atoms with van der Waals surface area (Å²) in [6, 6.07) is 24.9. The second-order valence-electron chi connectivity index (χ2n) is 9.54. The lowest BCUT2D eigenvalue weighted by molar-refractivity contribution is -0.124. The van der Waals surface area contributed by atoms with Gasteiger partial charge in [0.2, 0.25) is 5.91 Å². The lowest BCUT2D eigenvalue weighted by atomic mass is 9.74. The summed E-state index contributed by atoms with van der Waals surface area (Å²) < 4.78 is 5.92. The molecule has 2 heterocycles. The number of anilines is 1. The third kappa shape index (κ3) is 3.70. The van der Waals surface area contributed by atoms with Gasteiger partial charge in [0.15, 0.2) is 0 Å². The van der Waals surface area contributed by atoms with Crippen molar-refractivity contribution < 1.29 is 9.53 Å². The number of nitrogens with zero attached hydrogens (tertiary/aromatic N) is 1. The lowest BCUT2D eigenvalue weighted by Gasteiger charge is -2.49. The van der Waals surface area contributed by atoms with E-state index in [1.54, 1.807) is 0 Å². The summed E-state index contributed by atoms with van der Waals surface area (Å²) >= 11 is 0. The predicted molar refractivity (Wildman–Crippen MR) is 133 cm³/mol. The second-order valence-corrected chi connectivity index (χ2v) is 9.54. The van der Waals surface area contributed by atoms with Crippen LogP contribution in [0.5, 0.6) is 5.75 Å². The van der Waals surface area contributed by atoms with Crippen LogP contribution < -0.4 is 15.0 Å². The number of aryl methyl sites for hydroxylation is 1. The molecule has 2 aliphatic rings. The van der Waals surface area contributed by atoms with Gasteiger partial charge >= 0.3 is 0 Å². The van der Waals surface area contributed by atoms with E-state index in [1.807, 2.05) is 30.3 Å². The second kappa shape index (κ2) is 8.11. The molecule has 0 bridgehead atoms. The summed E-state index contributed by atoms with van der Waals surface area (Å²) in [7, 11) is 0. The smallest absolute Gasteiger partial charge is 0.223 e. The number of benzene rings is 3. The number of carbonyl (C=O) groups excluding carboxylic acids is 1. The van der Waals surface area contributed by atoms with Crippen LogP contribution in [-0.2, 0) is 16.8 Å². The van der Waals surface area contributed by atoms with Gasteiger partial charge in [0.1, 0.15) is 18.0 Å². The minimum atomic E-state index is -0.596. The largest absolute Gasteiger partial charge is 0.489 e. The van der Waals surface area contributed by atoms with Gasteiger partial charge < -0.3 is 15.0 Å². The first-order chi connectivity index (χ1) is 15.9.